The van der Waals surface area contributed by atoms with Crippen LogP contribution in [0.25, 0.3) is 0 Å². The lowest BCUT2D eigenvalue weighted by molar-refractivity contribution is -0.119. The summed E-state index contributed by atoms with van der Waals surface area (Å²) in [5.41, 5.74) is 9.30. The van der Waals surface area contributed by atoms with Crippen molar-refractivity contribution in [3.8, 4) is 0 Å². The summed E-state index contributed by atoms with van der Waals surface area (Å²) < 4.78 is 1.72. The van der Waals surface area contributed by atoms with Gasteiger partial charge in [0.2, 0.25) is 11.9 Å². The average Bonchev–Trinajstić information content (AvgIpc) is 2.89. The van der Waals surface area contributed by atoms with E-state index in [1.54, 1.807) is 10.6 Å². The third-order valence-electron chi connectivity index (χ3n) is 3.80. The molecule has 1 amide bonds. The number of aryl methyl sites for hydroxylation is 2. The van der Waals surface area contributed by atoms with E-state index in [0.29, 0.717) is 17.6 Å². The number of carbonyl (C=O) groups excluding carboxylic acids is 1. The molecule has 0 bridgehead atoms. The highest BCUT2D eigenvalue weighted by atomic mass is 32.2. The average molecular weight is 345 g/mol. The maximum atomic E-state index is 12.2. The Labute approximate surface area is 146 Å². The number of nitrogens with zero attached hydrogens (tertiary/aromatic N) is 3. The van der Waals surface area contributed by atoms with Crippen LogP contribution < -0.4 is 11.1 Å². The smallest absolute Gasteiger partial charge is 0.230 e. The number of anilines is 1. The number of nitrogen functional groups attached to an aromatic ring is 1. The van der Waals surface area contributed by atoms with Gasteiger partial charge in [-0.05, 0) is 37.5 Å². The summed E-state index contributed by atoms with van der Waals surface area (Å²) in [5, 5.41) is 11.4. The fourth-order valence-electron chi connectivity index (χ4n) is 2.24. The molecule has 1 aromatic carbocycles. The molecule has 0 fully saturated rings. The molecule has 2 rings (SSSR count). The first-order valence-electron chi connectivity index (χ1n) is 7.71. The van der Waals surface area contributed by atoms with Gasteiger partial charge >= 0.3 is 0 Å². The largest absolute Gasteiger partial charge is 0.368 e. The molecule has 3 N–H and O–H groups in total. The number of carbonyl (C=O) groups is 1. The molecule has 1 heterocycles. The maximum absolute atomic E-state index is 12.2. The van der Waals surface area contributed by atoms with Crippen molar-refractivity contribution in [2.24, 2.45) is 0 Å². The van der Waals surface area contributed by atoms with E-state index in [1.165, 1.54) is 22.9 Å². The number of benzene rings is 1. The van der Waals surface area contributed by atoms with Crippen molar-refractivity contribution >= 4 is 23.6 Å². The van der Waals surface area contributed by atoms with Crippen molar-refractivity contribution in [1.82, 2.24) is 20.1 Å². The number of thioether (sulfide) groups is 1. The molecule has 0 saturated heterocycles. The van der Waals surface area contributed by atoms with Gasteiger partial charge in [0.25, 0.3) is 0 Å². The second kappa shape index (κ2) is 8.01. The van der Waals surface area contributed by atoms with E-state index in [2.05, 4.69) is 48.1 Å². The minimum absolute atomic E-state index is 0.0477. The van der Waals surface area contributed by atoms with Crippen molar-refractivity contribution in [3.05, 3.63) is 47.5 Å². The van der Waals surface area contributed by atoms with Crippen LogP contribution in [-0.2, 0) is 11.3 Å². The second-order valence-electron chi connectivity index (χ2n) is 5.66. The highest BCUT2D eigenvalue weighted by molar-refractivity contribution is 7.99. The number of nitrogens with one attached hydrogen (secondary N) is 1. The van der Waals surface area contributed by atoms with Crippen molar-refractivity contribution in [2.45, 2.75) is 38.5 Å². The first kappa shape index (κ1) is 18.1. The van der Waals surface area contributed by atoms with Gasteiger partial charge in [-0.3, -0.25) is 9.36 Å². The van der Waals surface area contributed by atoms with E-state index in [4.69, 9.17) is 5.73 Å². The number of amides is 1. The van der Waals surface area contributed by atoms with Crippen molar-refractivity contribution in [1.29, 1.82) is 0 Å². The molecule has 0 radical (unpaired) electrons. The third kappa shape index (κ3) is 4.38. The molecule has 0 aliphatic carbocycles. The van der Waals surface area contributed by atoms with Crippen LogP contribution in [0, 0.1) is 13.8 Å². The van der Waals surface area contributed by atoms with Gasteiger partial charge in [0.1, 0.15) is 0 Å². The second-order valence-corrected chi connectivity index (χ2v) is 6.60. The Kier molecular flexibility index (Phi) is 6.03. The number of allylic oxidation sites excluding steroid dienone is 1. The zero-order valence-corrected chi connectivity index (χ0v) is 15.1. The summed E-state index contributed by atoms with van der Waals surface area (Å²) in [6, 6.07) is 6.17. The van der Waals surface area contributed by atoms with E-state index in [0.717, 1.165) is 5.56 Å². The molecule has 128 valence electrons. The van der Waals surface area contributed by atoms with Crippen LogP contribution in [0.5, 0.6) is 0 Å². The molecule has 6 nitrogen and oxygen atoms in total. The van der Waals surface area contributed by atoms with Crippen molar-refractivity contribution in [2.75, 3.05) is 11.5 Å². The van der Waals surface area contributed by atoms with Gasteiger partial charge in [-0.1, -0.05) is 36.0 Å². The Hall–Kier alpha value is -2.28. The minimum Gasteiger partial charge on any atom is -0.368 e. The maximum Gasteiger partial charge on any atom is 0.230 e. The molecule has 7 heteroatoms. The lowest BCUT2D eigenvalue weighted by Crippen LogP contribution is -2.28. The summed E-state index contributed by atoms with van der Waals surface area (Å²) in [7, 11) is 0. The third-order valence-corrected chi connectivity index (χ3v) is 4.76. The molecular formula is C17H23N5OS. The van der Waals surface area contributed by atoms with Crippen molar-refractivity contribution < 1.29 is 4.79 Å². The fourth-order valence-corrected chi connectivity index (χ4v) is 3.00. The van der Waals surface area contributed by atoms with Gasteiger partial charge < -0.3 is 11.1 Å². The number of hydrogen-bond acceptors (Lipinski definition) is 5. The standard InChI is InChI=1S/C17H23N5OS/c1-5-8-22-16(18)20-21-17(22)24-10-15(23)19-13(4)14-7-6-11(2)12(3)9-14/h5-7,9,13H,1,8,10H2,2-4H3,(H2,18,20)(H,19,23). The van der Waals surface area contributed by atoms with Crippen LogP contribution in [-0.4, -0.2) is 26.4 Å². The predicted octanol–water partition coefficient (Wildman–Crippen LogP) is 2.63. The highest BCUT2D eigenvalue weighted by Gasteiger charge is 2.14. The van der Waals surface area contributed by atoms with Crippen LogP contribution >= 0.6 is 11.8 Å². The van der Waals surface area contributed by atoms with Crippen LogP contribution in [0.2, 0.25) is 0 Å². The fraction of sp³-hybridized carbons (Fsp3) is 0.353. The molecule has 0 saturated carbocycles. The normalized spacial score (nSPS) is 12.0. The monoisotopic (exact) mass is 345 g/mol. The quantitative estimate of drug-likeness (QED) is 0.595. The van der Waals surface area contributed by atoms with E-state index in [1.807, 2.05) is 13.0 Å². The molecule has 1 atom stereocenters. The highest BCUT2D eigenvalue weighted by Crippen LogP contribution is 2.20. The van der Waals surface area contributed by atoms with Crippen LogP contribution in [0.15, 0.2) is 36.0 Å². The lowest BCUT2D eigenvalue weighted by Gasteiger charge is -2.15. The van der Waals surface area contributed by atoms with Gasteiger partial charge in [0.05, 0.1) is 11.8 Å². The summed E-state index contributed by atoms with van der Waals surface area (Å²) in [4.78, 5) is 12.2. The zero-order chi connectivity index (χ0) is 17.7. The summed E-state index contributed by atoms with van der Waals surface area (Å²) >= 11 is 1.31. The first-order valence-corrected chi connectivity index (χ1v) is 8.69. The predicted molar refractivity (Wildman–Crippen MR) is 97.8 cm³/mol. The molecule has 0 aliphatic heterocycles. The van der Waals surface area contributed by atoms with Gasteiger partial charge in [0, 0.05) is 6.54 Å². The molecule has 2 aromatic rings. The SMILES string of the molecule is C=CCn1c(N)nnc1SCC(=O)NC(C)c1ccc(C)c(C)c1. The molecule has 0 aliphatic rings. The van der Waals surface area contributed by atoms with Gasteiger partial charge in [-0.2, -0.15) is 0 Å². The van der Waals surface area contributed by atoms with E-state index in [-0.39, 0.29) is 17.7 Å². The number of nitrogens with two attached hydrogens (primary N) is 1. The molecule has 1 unspecified atom stereocenters. The Morgan fingerprint density at radius 2 is 2.17 bits per heavy atom. The van der Waals surface area contributed by atoms with Crippen LogP contribution in [0.1, 0.15) is 29.7 Å². The Bertz CT molecular complexity index is 741. The van der Waals surface area contributed by atoms with Crippen LogP contribution in [0.4, 0.5) is 5.95 Å². The van der Waals surface area contributed by atoms with E-state index < -0.39 is 0 Å². The van der Waals surface area contributed by atoms with E-state index in [9.17, 15) is 4.79 Å². The van der Waals surface area contributed by atoms with Crippen molar-refractivity contribution in [3.63, 3.8) is 0 Å². The lowest BCUT2D eigenvalue weighted by atomic mass is 10.0. The minimum atomic E-state index is -0.0579. The summed E-state index contributed by atoms with van der Waals surface area (Å²) in [6.45, 7) is 10.3. The first-order chi connectivity index (χ1) is 11.4. The Morgan fingerprint density at radius 1 is 1.42 bits per heavy atom. The topological polar surface area (TPSA) is 85.8 Å². The Morgan fingerprint density at radius 3 is 2.83 bits per heavy atom. The van der Waals surface area contributed by atoms with Gasteiger partial charge in [-0.25, -0.2) is 0 Å². The molecule has 24 heavy (non-hydrogen) atoms. The van der Waals surface area contributed by atoms with E-state index >= 15 is 0 Å². The zero-order valence-electron chi connectivity index (χ0n) is 14.2. The number of aromatic nitrogens is 3. The molecule has 1 aromatic heterocycles. The van der Waals surface area contributed by atoms with Gasteiger partial charge in [-0.15, -0.1) is 16.8 Å². The number of hydrogen-bond donors (Lipinski definition) is 2. The summed E-state index contributed by atoms with van der Waals surface area (Å²) in [6.07, 6.45) is 1.71. The molecular weight excluding hydrogens is 322 g/mol. The molecule has 0 spiro atoms. The summed E-state index contributed by atoms with van der Waals surface area (Å²) in [5.74, 6) is 0.517. The van der Waals surface area contributed by atoms with Gasteiger partial charge in [0.15, 0.2) is 5.16 Å². The number of rotatable bonds is 7. The van der Waals surface area contributed by atoms with Crippen LogP contribution in [0.3, 0.4) is 0 Å². The Balaban J connectivity index is 1.93.